The molecule has 6 N–H and O–H groups in total. The van der Waals surface area contributed by atoms with Crippen LogP contribution in [0.25, 0.3) is 11.2 Å². The molecule has 2 aromatic heterocycles. The summed E-state index contributed by atoms with van der Waals surface area (Å²) in [4.78, 5) is 39.6. The number of aliphatic hydroxyl groups excluding tert-OH is 1. The van der Waals surface area contributed by atoms with Crippen molar-refractivity contribution in [3.63, 3.8) is 0 Å². The Hall–Kier alpha value is -1.39. The summed E-state index contributed by atoms with van der Waals surface area (Å²) < 4.78 is 12.4. The largest absolute Gasteiger partial charge is 0.396 e. The standard InChI is InChI=1S/C10H16N5O5PS/c11-10-13-8-7(9(17)14-10)12-5-15(8)2-1-6(3-16)4-22-21(18,19)20/h5-6,16H,1-4H2,(H2,18,19,20)(H3,11,13,14,17). The van der Waals surface area contributed by atoms with E-state index in [-0.39, 0.29) is 29.7 Å². The molecule has 0 spiro atoms. The molecule has 122 valence electrons. The van der Waals surface area contributed by atoms with Crippen LogP contribution in [0.3, 0.4) is 0 Å². The van der Waals surface area contributed by atoms with Gasteiger partial charge in [-0.15, -0.1) is 0 Å². The van der Waals surface area contributed by atoms with Gasteiger partial charge in [-0.2, -0.15) is 4.98 Å². The Bertz CT molecular complexity index is 756. The van der Waals surface area contributed by atoms with Gasteiger partial charge in [-0.25, -0.2) is 9.55 Å². The maximum atomic E-state index is 11.6. The summed E-state index contributed by atoms with van der Waals surface area (Å²) in [6, 6.07) is 0. The van der Waals surface area contributed by atoms with Crippen molar-refractivity contribution in [3.8, 4) is 0 Å². The molecule has 0 aliphatic rings. The van der Waals surface area contributed by atoms with E-state index in [1.165, 1.54) is 6.33 Å². The summed E-state index contributed by atoms with van der Waals surface area (Å²) in [6.07, 6.45) is 1.89. The predicted molar refractivity (Wildman–Crippen MR) is 82.3 cm³/mol. The zero-order valence-electron chi connectivity index (χ0n) is 11.4. The van der Waals surface area contributed by atoms with Gasteiger partial charge in [-0.1, -0.05) is 0 Å². The number of rotatable bonds is 7. The number of H-pyrrole nitrogens is 1. The average molecular weight is 349 g/mol. The number of aliphatic hydroxyl groups is 1. The van der Waals surface area contributed by atoms with Crippen molar-refractivity contribution in [1.29, 1.82) is 0 Å². The first-order chi connectivity index (χ1) is 10.3. The molecule has 0 bridgehead atoms. The summed E-state index contributed by atoms with van der Waals surface area (Å²) in [6.45, 7) is -3.97. The van der Waals surface area contributed by atoms with Crippen LogP contribution in [0, 0.1) is 5.92 Å². The number of aryl methyl sites for hydroxylation is 1. The van der Waals surface area contributed by atoms with E-state index >= 15 is 0 Å². The summed E-state index contributed by atoms with van der Waals surface area (Å²) in [5.74, 6) is -0.187. The molecule has 10 nitrogen and oxygen atoms in total. The number of aromatic amines is 1. The lowest BCUT2D eigenvalue weighted by Crippen LogP contribution is -2.14. The van der Waals surface area contributed by atoms with Crippen molar-refractivity contribution < 1.29 is 19.5 Å². The van der Waals surface area contributed by atoms with E-state index in [1.54, 1.807) is 4.57 Å². The van der Waals surface area contributed by atoms with E-state index in [0.717, 1.165) is 0 Å². The van der Waals surface area contributed by atoms with Crippen LogP contribution >= 0.6 is 18.2 Å². The fourth-order valence-electron chi connectivity index (χ4n) is 1.89. The Balaban J connectivity index is 2.07. The van der Waals surface area contributed by atoms with Crippen LogP contribution in [-0.2, 0) is 11.1 Å². The molecular weight excluding hydrogens is 333 g/mol. The second-order valence-corrected chi connectivity index (χ2v) is 8.46. The van der Waals surface area contributed by atoms with Crippen LogP contribution in [-0.4, -0.2) is 46.8 Å². The molecule has 0 fully saturated rings. The molecule has 1 atom stereocenters. The van der Waals surface area contributed by atoms with E-state index in [0.29, 0.717) is 30.0 Å². The van der Waals surface area contributed by atoms with Crippen molar-refractivity contribution in [3.05, 3.63) is 16.7 Å². The number of nitrogens with two attached hydrogens (primary N) is 1. The lowest BCUT2D eigenvalue weighted by Gasteiger charge is -2.14. The number of aromatic nitrogens is 4. The zero-order valence-corrected chi connectivity index (χ0v) is 13.1. The van der Waals surface area contributed by atoms with Gasteiger partial charge in [0.15, 0.2) is 11.2 Å². The number of hydrogen-bond donors (Lipinski definition) is 5. The van der Waals surface area contributed by atoms with Crippen molar-refractivity contribution >= 4 is 35.3 Å². The van der Waals surface area contributed by atoms with Crippen LogP contribution in [0.2, 0.25) is 0 Å². The minimum Gasteiger partial charge on any atom is -0.396 e. The number of nitrogen functional groups attached to an aromatic ring is 1. The number of fused-ring (bicyclic) bond motifs is 1. The highest BCUT2D eigenvalue weighted by Gasteiger charge is 2.18. The van der Waals surface area contributed by atoms with Gasteiger partial charge < -0.3 is 25.2 Å². The first-order valence-corrected chi connectivity index (χ1v) is 9.52. The van der Waals surface area contributed by atoms with E-state index < -0.39 is 12.4 Å². The fraction of sp³-hybridized carbons (Fsp3) is 0.500. The normalized spacial score (nSPS) is 13.6. The molecule has 2 rings (SSSR count). The SMILES string of the molecule is Nc1nc2c(ncn2CCC(CO)CSP(=O)(O)O)c(=O)[nH]1. The third kappa shape index (κ3) is 4.31. The fourth-order valence-corrected chi connectivity index (χ4v) is 3.78. The zero-order chi connectivity index (χ0) is 16.3. The number of imidazole rings is 1. The number of anilines is 1. The Morgan fingerprint density at radius 3 is 2.86 bits per heavy atom. The lowest BCUT2D eigenvalue weighted by molar-refractivity contribution is 0.229. The van der Waals surface area contributed by atoms with Gasteiger partial charge in [0.05, 0.1) is 6.33 Å². The van der Waals surface area contributed by atoms with Crippen LogP contribution in [0.1, 0.15) is 6.42 Å². The average Bonchev–Trinajstić information content (AvgIpc) is 2.81. The third-order valence-corrected chi connectivity index (χ3v) is 5.42. The molecule has 2 heterocycles. The maximum absolute atomic E-state index is 11.6. The van der Waals surface area contributed by atoms with Gasteiger partial charge >= 0.3 is 6.80 Å². The molecule has 12 heteroatoms. The lowest BCUT2D eigenvalue weighted by atomic mass is 10.1. The maximum Gasteiger partial charge on any atom is 0.383 e. The summed E-state index contributed by atoms with van der Waals surface area (Å²) in [7, 11) is 0. The molecule has 0 amide bonds. The quantitative estimate of drug-likeness (QED) is 0.415. The molecule has 22 heavy (non-hydrogen) atoms. The van der Waals surface area contributed by atoms with Crippen molar-refractivity contribution in [2.75, 3.05) is 18.1 Å². The molecule has 0 saturated carbocycles. The van der Waals surface area contributed by atoms with Crippen molar-refractivity contribution in [1.82, 2.24) is 19.5 Å². The summed E-state index contributed by atoms with van der Waals surface area (Å²) in [5.41, 5.74) is 5.56. The van der Waals surface area contributed by atoms with Crippen LogP contribution in [0.4, 0.5) is 5.95 Å². The molecule has 0 aliphatic heterocycles. The Labute approximate surface area is 128 Å². The molecule has 2 aromatic rings. The van der Waals surface area contributed by atoms with Crippen LogP contribution in [0.15, 0.2) is 11.1 Å². The van der Waals surface area contributed by atoms with Gasteiger partial charge in [0.2, 0.25) is 5.95 Å². The molecule has 0 aliphatic carbocycles. The van der Waals surface area contributed by atoms with Crippen molar-refractivity contribution in [2.24, 2.45) is 5.92 Å². The first-order valence-electron chi connectivity index (χ1n) is 6.31. The number of nitrogens with one attached hydrogen (secondary N) is 1. The van der Waals surface area contributed by atoms with Crippen LogP contribution in [0.5, 0.6) is 0 Å². The highest BCUT2D eigenvalue weighted by Crippen LogP contribution is 2.50. The topological polar surface area (TPSA) is 167 Å². The Morgan fingerprint density at radius 1 is 1.50 bits per heavy atom. The second-order valence-electron chi connectivity index (χ2n) is 4.68. The van der Waals surface area contributed by atoms with Gasteiger partial charge in [0.25, 0.3) is 5.56 Å². The summed E-state index contributed by atoms with van der Waals surface area (Å²) in [5, 5.41) is 9.27. The van der Waals surface area contributed by atoms with E-state index in [1.807, 2.05) is 0 Å². The third-order valence-electron chi connectivity index (χ3n) is 3.01. The Morgan fingerprint density at radius 2 is 2.23 bits per heavy atom. The number of hydrogen-bond acceptors (Lipinski definition) is 7. The van der Waals surface area contributed by atoms with E-state index in [2.05, 4.69) is 15.0 Å². The van der Waals surface area contributed by atoms with E-state index in [9.17, 15) is 14.5 Å². The minimum absolute atomic E-state index is 0.0185. The smallest absolute Gasteiger partial charge is 0.383 e. The second kappa shape index (κ2) is 6.80. The molecule has 0 saturated heterocycles. The molecule has 0 radical (unpaired) electrons. The monoisotopic (exact) mass is 349 g/mol. The summed E-state index contributed by atoms with van der Waals surface area (Å²) >= 11 is 0.503. The first kappa shape index (κ1) is 17.0. The highest BCUT2D eigenvalue weighted by atomic mass is 32.7. The molecular formula is C10H16N5O5PS. The van der Waals surface area contributed by atoms with Crippen molar-refractivity contribution in [2.45, 2.75) is 13.0 Å². The Kier molecular flexibility index (Phi) is 5.24. The van der Waals surface area contributed by atoms with E-state index in [4.69, 9.17) is 15.5 Å². The van der Waals surface area contributed by atoms with Gasteiger partial charge in [-0.3, -0.25) is 9.78 Å². The molecule has 1 unspecified atom stereocenters. The highest BCUT2D eigenvalue weighted by molar-refractivity contribution is 8.54. The van der Waals surface area contributed by atoms with Crippen LogP contribution < -0.4 is 11.3 Å². The predicted octanol–water partition coefficient (Wildman–Crippen LogP) is -0.474. The molecule has 0 aromatic carbocycles. The van der Waals surface area contributed by atoms with Gasteiger partial charge in [0, 0.05) is 18.9 Å². The minimum atomic E-state index is -4.16. The number of nitrogens with zero attached hydrogens (tertiary/aromatic N) is 3. The van der Waals surface area contributed by atoms with Gasteiger partial charge in [-0.05, 0) is 23.7 Å². The van der Waals surface area contributed by atoms with Gasteiger partial charge in [0.1, 0.15) is 0 Å².